The van der Waals surface area contributed by atoms with Crippen molar-refractivity contribution in [1.82, 2.24) is 4.57 Å². The molecule has 2 N–H and O–H groups in total. The second kappa shape index (κ2) is 7.23. The third kappa shape index (κ3) is 4.76. The van der Waals surface area contributed by atoms with E-state index in [0.29, 0.717) is 5.56 Å². The molecule has 0 spiro atoms. The SMILES string of the molecule is COC(=O)c1ccc(=O)n(C)c1.Cc1ccc(N)c(F)c1. The lowest BCUT2D eigenvalue weighted by Crippen LogP contribution is -2.16. The molecule has 6 heteroatoms. The monoisotopic (exact) mass is 292 g/mol. The highest BCUT2D eigenvalue weighted by Crippen LogP contribution is 2.10. The lowest BCUT2D eigenvalue weighted by atomic mass is 10.2. The first kappa shape index (κ1) is 16.4. The molecule has 0 radical (unpaired) electrons. The molecule has 0 aliphatic rings. The number of ether oxygens (including phenoxy) is 1. The molecule has 0 fully saturated rings. The van der Waals surface area contributed by atoms with Gasteiger partial charge in [0.15, 0.2) is 0 Å². The van der Waals surface area contributed by atoms with Crippen molar-refractivity contribution in [3.05, 3.63) is 63.8 Å². The number of nitrogen functional groups attached to an aromatic ring is 1. The predicted molar refractivity (Wildman–Crippen MR) is 78.6 cm³/mol. The van der Waals surface area contributed by atoms with E-state index in [2.05, 4.69) is 4.74 Å². The molecule has 21 heavy (non-hydrogen) atoms. The molecule has 1 aromatic carbocycles. The van der Waals surface area contributed by atoms with E-state index in [1.165, 1.54) is 36.1 Å². The summed E-state index contributed by atoms with van der Waals surface area (Å²) < 4.78 is 18.3. The van der Waals surface area contributed by atoms with Gasteiger partial charge in [0.2, 0.25) is 5.56 Å². The van der Waals surface area contributed by atoms with Crippen molar-refractivity contribution in [1.29, 1.82) is 0 Å². The maximum Gasteiger partial charge on any atom is 0.339 e. The quantitative estimate of drug-likeness (QED) is 0.643. The van der Waals surface area contributed by atoms with Gasteiger partial charge in [0.05, 0.1) is 18.4 Å². The van der Waals surface area contributed by atoms with Gasteiger partial charge in [-0.3, -0.25) is 4.79 Å². The van der Waals surface area contributed by atoms with Crippen LogP contribution in [0.4, 0.5) is 10.1 Å². The number of esters is 1. The Kier molecular flexibility index (Phi) is 5.66. The fourth-order valence-electron chi connectivity index (χ4n) is 1.46. The molecule has 0 saturated carbocycles. The van der Waals surface area contributed by atoms with Crippen LogP contribution < -0.4 is 11.3 Å². The number of nitrogens with zero attached hydrogens (tertiary/aromatic N) is 1. The van der Waals surface area contributed by atoms with Gasteiger partial charge in [0.25, 0.3) is 0 Å². The van der Waals surface area contributed by atoms with Gasteiger partial charge in [-0.2, -0.15) is 0 Å². The fraction of sp³-hybridized carbons (Fsp3) is 0.200. The Hall–Kier alpha value is -2.63. The van der Waals surface area contributed by atoms with Gasteiger partial charge in [0.1, 0.15) is 5.82 Å². The van der Waals surface area contributed by atoms with Crippen molar-refractivity contribution >= 4 is 11.7 Å². The van der Waals surface area contributed by atoms with E-state index in [0.717, 1.165) is 5.56 Å². The van der Waals surface area contributed by atoms with Crippen LogP contribution in [0.2, 0.25) is 0 Å². The normalized spacial score (nSPS) is 9.52. The Morgan fingerprint density at radius 3 is 2.43 bits per heavy atom. The summed E-state index contributed by atoms with van der Waals surface area (Å²) in [6.45, 7) is 1.82. The van der Waals surface area contributed by atoms with Crippen LogP contribution in [-0.4, -0.2) is 17.6 Å². The van der Waals surface area contributed by atoms with E-state index in [9.17, 15) is 14.0 Å². The summed E-state index contributed by atoms with van der Waals surface area (Å²) in [7, 11) is 2.88. The van der Waals surface area contributed by atoms with Crippen LogP contribution >= 0.6 is 0 Å². The number of rotatable bonds is 1. The minimum atomic E-state index is -0.439. The second-order valence-corrected chi connectivity index (χ2v) is 4.38. The molecule has 2 rings (SSSR count). The number of carbonyl (C=O) groups excluding carboxylic acids is 1. The first-order valence-corrected chi connectivity index (χ1v) is 6.11. The first-order chi connectivity index (χ1) is 9.85. The number of benzene rings is 1. The zero-order chi connectivity index (χ0) is 16.0. The summed E-state index contributed by atoms with van der Waals surface area (Å²) in [6, 6.07) is 7.51. The molecule has 0 atom stereocenters. The number of aromatic nitrogens is 1. The molecular weight excluding hydrogens is 275 g/mol. The molecule has 0 unspecified atom stereocenters. The predicted octanol–water partition coefficient (Wildman–Crippen LogP) is 1.89. The molecule has 1 heterocycles. The number of methoxy groups -OCH3 is 1. The van der Waals surface area contributed by atoms with Crippen LogP contribution in [0.3, 0.4) is 0 Å². The van der Waals surface area contributed by atoms with Crippen LogP contribution in [0.1, 0.15) is 15.9 Å². The van der Waals surface area contributed by atoms with Gasteiger partial charge < -0.3 is 15.0 Å². The number of pyridine rings is 1. The van der Waals surface area contributed by atoms with E-state index in [1.807, 2.05) is 6.92 Å². The summed E-state index contributed by atoms with van der Waals surface area (Å²) in [5.74, 6) is -0.777. The van der Waals surface area contributed by atoms with Crippen molar-refractivity contribution < 1.29 is 13.9 Å². The number of nitrogens with two attached hydrogens (primary N) is 1. The third-order valence-electron chi connectivity index (χ3n) is 2.66. The highest BCUT2D eigenvalue weighted by Gasteiger charge is 2.04. The molecule has 0 aliphatic carbocycles. The third-order valence-corrected chi connectivity index (χ3v) is 2.66. The summed E-state index contributed by atoms with van der Waals surface area (Å²) in [4.78, 5) is 21.8. The maximum absolute atomic E-state index is 12.5. The Bertz CT molecular complexity index is 696. The number of carbonyl (C=O) groups is 1. The summed E-state index contributed by atoms with van der Waals surface area (Å²) in [6.07, 6.45) is 1.44. The molecular formula is C15H17FN2O3. The number of halogens is 1. The van der Waals surface area contributed by atoms with Crippen molar-refractivity contribution in [2.24, 2.45) is 7.05 Å². The first-order valence-electron chi connectivity index (χ1n) is 6.11. The lowest BCUT2D eigenvalue weighted by molar-refractivity contribution is 0.0599. The minimum absolute atomic E-state index is 0.150. The average molecular weight is 292 g/mol. The second-order valence-electron chi connectivity index (χ2n) is 4.38. The lowest BCUT2D eigenvalue weighted by Gasteiger charge is -2.00. The zero-order valence-electron chi connectivity index (χ0n) is 12.1. The Morgan fingerprint density at radius 1 is 1.29 bits per heavy atom. The van der Waals surface area contributed by atoms with Crippen molar-refractivity contribution in [3.63, 3.8) is 0 Å². The minimum Gasteiger partial charge on any atom is -0.465 e. The van der Waals surface area contributed by atoms with Crippen LogP contribution in [0, 0.1) is 12.7 Å². The molecule has 0 aliphatic heterocycles. The molecule has 5 nitrogen and oxygen atoms in total. The fourth-order valence-corrected chi connectivity index (χ4v) is 1.46. The topological polar surface area (TPSA) is 74.3 Å². The van der Waals surface area contributed by atoms with Gasteiger partial charge in [-0.15, -0.1) is 0 Å². The van der Waals surface area contributed by atoms with Gasteiger partial charge >= 0.3 is 5.97 Å². The van der Waals surface area contributed by atoms with Gasteiger partial charge in [-0.1, -0.05) is 6.07 Å². The summed E-state index contributed by atoms with van der Waals surface area (Å²) >= 11 is 0. The largest absolute Gasteiger partial charge is 0.465 e. The van der Waals surface area contributed by atoms with Gasteiger partial charge in [-0.25, -0.2) is 9.18 Å². The van der Waals surface area contributed by atoms with Crippen molar-refractivity contribution in [3.8, 4) is 0 Å². The number of aryl methyl sites for hydroxylation is 2. The van der Waals surface area contributed by atoms with E-state index in [-0.39, 0.29) is 17.1 Å². The average Bonchev–Trinajstić information content (AvgIpc) is 2.46. The highest BCUT2D eigenvalue weighted by molar-refractivity contribution is 5.88. The van der Waals surface area contributed by atoms with Crippen molar-refractivity contribution in [2.75, 3.05) is 12.8 Å². The van der Waals surface area contributed by atoms with Crippen LogP contribution in [0.25, 0.3) is 0 Å². The number of hydrogen-bond acceptors (Lipinski definition) is 4. The van der Waals surface area contributed by atoms with Gasteiger partial charge in [-0.05, 0) is 30.7 Å². The number of hydrogen-bond donors (Lipinski definition) is 1. The number of anilines is 1. The molecule has 1 aromatic heterocycles. The molecule has 0 saturated heterocycles. The van der Waals surface area contributed by atoms with Crippen molar-refractivity contribution in [2.45, 2.75) is 6.92 Å². The summed E-state index contributed by atoms with van der Waals surface area (Å²) in [5.41, 5.74) is 6.54. The molecule has 0 amide bonds. The van der Waals surface area contributed by atoms with Crippen LogP contribution in [-0.2, 0) is 11.8 Å². The Labute approximate surface area is 121 Å². The van der Waals surface area contributed by atoms with E-state index < -0.39 is 5.97 Å². The molecule has 2 aromatic rings. The van der Waals surface area contributed by atoms with E-state index in [4.69, 9.17) is 5.73 Å². The van der Waals surface area contributed by atoms with E-state index >= 15 is 0 Å². The Balaban J connectivity index is 0.000000219. The smallest absolute Gasteiger partial charge is 0.339 e. The standard InChI is InChI=1S/C8H9NO3.C7H8FN/c1-9-5-6(8(11)12-2)3-4-7(9)10;1-5-2-3-7(9)6(8)4-5/h3-5H,1-2H3;2-4H,9H2,1H3. The summed E-state index contributed by atoms with van der Waals surface area (Å²) in [5, 5.41) is 0. The maximum atomic E-state index is 12.5. The zero-order valence-corrected chi connectivity index (χ0v) is 12.1. The Morgan fingerprint density at radius 2 is 1.95 bits per heavy atom. The van der Waals surface area contributed by atoms with E-state index in [1.54, 1.807) is 19.2 Å². The van der Waals surface area contributed by atoms with Crippen LogP contribution in [0.5, 0.6) is 0 Å². The van der Waals surface area contributed by atoms with Crippen LogP contribution in [0.15, 0.2) is 41.3 Å². The molecule has 0 bridgehead atoms. The highest BCUT2D eigenvalue weighted by atomic mass is 19.1. The molecule has 112 valence electrons. The van der Waals surface area contributed by atoms with Gasteiger partial charge in [0, 0.05) is 19.3 Å².